The van der Waals surface area contributed by atoms with Crippen LogP contribution in [0.2, 0.25) is 0 Å². The standard InChI is InChI=1S/C5H12N4/c1-2-3-8-5(7)9-4-6/h2-3H,4,6H2,1H3,(H3,7,8,9)/b3-2-. The minimum Gasteiger partial charge on any atom is -0.370 e. The maximum Gasteiger partial charge on any atom is 0.194 e. The number of nitrogens with two attached hydrogens (primary N) is 2. The van der Waals surface area contributed by atoms with Gasteiger partial charge in [0, 0.05) is 6.20 Å². The Bertz CT molecular complexity index is 116. The van der Waals surface area contributed by atoms with Crippen LogP contribution < -0.4 is 16.8 Å². The van der Waals surface area contributed by atoms with E-state index in [1.54, 1.807) is 12.3 Å². The fraction of sp³-hybridized carbons (Fsp3) is 0.400. The van der Waals surface area contributed by atoms with Crippen LogP contribution in [0.4, 0.5) is 0 Å². The highest BCUT2D eigenvalue weighted by Crippen LogP contribution is 1.70. The molecule has 4 nitrogen and oxygen atoms in total. The molecule has 0 aromatic carbocycles. The Balaban J connectivity index is 3.55. The van der Waals surface area contributed by atoms with E-state index >= 15 is 0 Å². The minimum absolute atomic E-state index is 0.312. The first-order valence-electron chi connectivity index (χ1n) is 2.69. The Labute approximate surface area is 54.6 Å². The second-order valence-corrected chi connectivity index (χ2v) is 1.38. The fourth-order valence-corrected chi connectivity index (χ4v) is 0.305. The Morgan fingerprint density at radius 1 is 1.78 bits per heavy atom. The second kappa shape index (κ2) is 5.11. The van der Waals surface area contributed by atoms with Crippen LogP contribution in [-0.2, 0) is 0 Å². The quantitative estimate of drug-likeness (QED) is 0.262. The molecule has 4 heteroatoms. The van der Waals surface area contributed by atoms with Gasteiger partial charge in [0.25, 0.3) is 0 Å². The summed E-state index contributed by atoms with van der Waals surface area (Å²) >= 11 is 0. The second-order valence-electron chi connectivity index (χ2n) is 1.38. The molecule has 0 atom stereocenters. The molecule has 0 aromatic heterocycles. The number of rotatable bonds is 2. The van der Waals surface area contributed by atoms with Gasteiger partial charge in [0.2, 0.25) is 0 Å². The summed E-state index contributed by atoms with van der Waals surface area (Å²) in [6.07, 6.45) is 3.38. The Kier molecular flexibility index (Phi) is 4.53. The summed E-state index contributed by atoms with van der Waals surface area (Å²) in [5, 5.41) is 2.63. The molecular formula is C5H12N4. The normalized spacial score (nSPS) is 12.4. The predicted octanol–water partition coefficient (Wildman–Crippen LogP) is -0.659. The van der Waals surface area contributed by atoms with Crippen molar-refractivity contribution >= 4 is 5.96 Å². The van der Waals surface area contributed by atoms with E-state index < -0.39 is 0 Å². The number of aliphatic imine (C=N–C) groups is 1. The number of hydrogen-bond donors (Lipinski definition) is 3. The zero-order valence-electron chi connectivity index (χ0n) is 5.46. The maximum absolute atomic E-state index is 5.28. The van der Waals surface area contributed by atoms with Gasteiger partial charge in [0.1, 0.15) is 0 Å². The number of allylic oxidation sites excluding steroid dienone is 1. The molecule has 0 amide bonds. The molecule has 52 valence electrons. The van der Waals surface area contributed by atoms with Gasteiger partial charge in [0.15, 0.2) is 5.96 Å². The average molecular weight is 128 g/mol. The van der Waals surface area contributed by atoms with Crippen LogP contribution in [0.1, 0.15) is 6.92 Å². The highest BCUT2D eigenvalue weighted by Gasteiger charge is 1.80. The third-order valence-corrected chi connectivity index (χ3v) is 0.646. The van der Waals surface area contributed by atoms with E-state index in [0.717, 1.165) is 0 Å². The predicted molar refractivity (Wildman–Crippen MR) is 38.6 cm³/mol. The van der Waals surface area contributed by atoms with Crippen LogP contribution >= 0.6 is 0 Å². The number of nitrogens with zero attached hydrogens (tertiary/aromatic N) is 1. The lowest BCUT2D eigenvalue weighted by Gasteiger charge is -1.96. The third-order valence-electron chi connectivity index (χ3n) is 0.646. The minimum atomic E-state index is 0.312. The Morgan fingerprint density at radius 3 is 2.89 bits per heavy atom. The van der Waals surface area contributed by atoms with Gasteiger partial charge in [-0.25, -0.2) is 4.99 Å². The number of nitrogens with one attached hydrogen (secondary N) is 1. The van der Waals surface area contributed by atoms with Crippen molar-refractivity contribution in [3.8, 4) is 0 Å². The molecule has 0 aliphatic carbocycles. The molecule has 0 heterocycles. The van der Waals surface area contributed by atoms with Crippen LogP contribution in [0.5, 0.6) is 0 Å². The summed E-state index contributed by atoms with van der Waals surface area (Å²) in [4.78, 5) is 3.76. The van der Waals surface area contributed by atoms with Crippen LogP contribution in [0.15, 0.2) is 17.3 Å². The van der Waals surface area contributed by atoms with Gasteiger partial charge in [-0.15, -0.1) is 0 Å². The molecule has 0 spiro atoms. The summed E-state index contributed by atoms with van der Waals surface area (Å²) in [6, 6.07) is 0. The highest BCUT2D eigenvalue weighted by atomic mass is 15.1. The fourth-order valence-electron chi connectivity index (χ4n) is 0.305. The summed E-state index contributed by atoms with van der Waals surface area (Å²) in [7, 11) is 0. The van der Waals surface area contributed by atoms with Crippen molar-refractivity contribution in [2.75, 3.05) is 6.67 Å². The first-order chi connectivity index (χ1) is 4.31. The first kappa shape index (κ1) is 7.97. The van der Waals surface area contributed by atoms with E-state index in [9.17, 15) is 0 Å². The SMILES string of the molecule is C/C=C\N=C(\N)NCN. The summed E-state index contributed by atoms with van der Waals surface area (Å²) in [5.74, 6) is 0.343. The molecular weight excluding hydrogens is 116 g/mol. The van der Waals surface area contributed by atoms with Crippen LogP contribution in [0.3, 0.4) is 0 Å². The van der Waals surface area contributed by atoms with Crippen molar-refractivity contribution in [3.63, 3.8) is 0 Å². The highest BCUT2D eigenvalue weighted by molar-refractivity contribution is 5.78. The number of guanidine groups is 1. The van der Waals surface area contributed by atoms with Gasteiger partial charge in [0.05, 0.1) is 6.67 Å². The monoisotopic (exact) mass is 128 g/mol. The molecule has 0 aliphatic rings. The van der Waals surface area contributed by atoms with Crippen molar-refractivity contribution < 1.29 is 0 Å². The van der Waals surface area contributed by atoms with Gasteiger partial charge >= 0.3 is 0 Å². The van der Waals surface area contributed by atoms with Gasteiger partial charge < -0.3 is 16.8 Å². The molecule has 0 aromatic rings. The lowest BCUT2D eigenvalue weighted by Crippen LogP contribution is -2.35. The first-order valence-corrected chi connectivity index (χ1v) is 2.69. The largest absolute Gasteiger partial charge is 0.370 e. The summed E-state index contributed by atoms with van der Waals surface area (Å²) in [6.45, 7) is 2.17. The van der Waals surface area contributed by atoms with Gasteiger partial charge in [-0.05, 0) is 6.92 Å². The van der Waals surface area contributed by atoms with Gasteiger partial charge in [-0.2, -0.15) is 0 Å². The molecule has 0 bridgehead atoms. The molecule has 5 N–H and O–H groups in total. The summed E-state index contributed by atoms with van der Waals surface area (Å²) in [5.41, 5.74) is 10.4. The molecule has 0 unspecified atom stereocenters. The van der Waals surface area contributed by atoms with Gasteiger partial charge in [-0.1, -0.05) is 6.08 Å². The van der Waals surface area contributed by atoms with Crippen LogP contribution in [0.25, 0.3) is 0 Å². The molecule has 0 saturated carbocycles. The molecule has 9 heavy (non-hydrogen) atoms. The molecule has 0 aliphatic heterocycles. The van der Waals surface area contributed by atoms with E-state index in [2.05, 4.69) is 10.3 Å². The van der Waals surface area contributed by atoms with E-state index in [1.807, 2.05) is 6.92 Å². The van der Waals surface area contributed by atoms with E-state index in [4.69, 9.17) is 11.5 Å². The van der Waals surface area contributed by atoms with Crippen molar-refractivity contribution in [1.29, 1.82) is 0 Å². The Morgan fingerprint density at radius 2 is 2.44 bits per heavy atom. The average Bonchev–Trinajstić information content (AvgIpc) is 1.85. The number of hydrogen-bond acceptors (Lipinski definition) is 2. The molecule has 0 rings (SSSR count). The Hall–Kier alpha value is -1.03. The van der Waals surface area contributed by atoms with Crippen molar-refractivity contribution in [2.24, 2.45) is 16.5 Å². The van der Waals surface area contributed by atoms with Crippen molar-refractivity contribution in [2.45, 2.75) is 6.92 Å². The van der Waals surface area contributed by atoms with Crippen LogP contribution in [0, 0.1) is 0 Å². The zero-order chi connectivity index (χ0) is 7.11. The lowest BCUT2D eigenvalue weighted by atomic mass is 10.7. The molecule has 0 radical (unpaired) electrons. The van der Waals surface area contributed by atoms with E-state index in [0.29, 0.717) is 12.6 Å². The molecule has 0 fully saturated rings. The molecule has 0 saturated heterocycles. The maximum atomic E-state index is 5.28. The summed E-state index contributed by atoms with van der Waals surface area (Å²) < 4.78 is 0. The third kappa shape index (κ3) is 4.83. The van der Waals surface area contributed by atoms with Gasteiger partial charge in [-0.3, -0.25) is 0 Å². The van der Waals surface area contributed by atoms with Crippen LogP contribution in [-0.4, -0.2) is 12.6 Å². The lowest BCUT2D eigenvalue weighted by molar-refractivity contribution is 0.916. The van der Waals surface area contributed by atoms with E-state index in [-0.39, 0.29) is 0 Å². The van der Waals surface area contributed by atoms with Crippen molar-refractivity contribution in [3.05, 3.63) is 12.3 Å². The van der Waals surface area contributed by atoms with Crippen molar-refractivity contribution in [1.82, 2.24) is 5.32 Å². The smallest absolute Gasteiger partial charge is 0.194 e. The van der Waals surface area contributed by atoms with E-state index in [1.165, 1.54) is 0 Å². The topological polar surface area (TPSA) is 76.4 Å². The zero-order valence-corrected chi connectivity index (χ0v) is 5.46.